The Morgan fingerprint density at radius 1 is 1.73 bits per heavy atom. The molecule has 0 aromatic heterocycles. The Bertz CT molecular complexity index is 234. The first-order valence-electron chi connectivity index (χ1n) is 3.19. The quantitative estimate of drug-likeness (QED) is 0.321. The van der Waals surface area contributed by atoms with Gasteiger partial charge in [-0.15, -0.1) is 0 Å². The molecule has 1 unspecified atom stereocenters. The molecule has 0 fully saturated rings. The monoisotopic (exact) mass is 180 g/mol. The Morgan fingerprint density at radius 3 is 2.27 bits per heavy atom. The summed E-state index contributed by atoms with van der Waals surface area (Å²) in [6.45, 7) is 1.75. The van der Waals surface area contributed by atoms with Crippen LogP contribution in [0.15, 0.2) is 0 Å². The Labute approximate surface area is 65.9 Å². The van der Waals surface area contributed by atoms with Crippen molar-refractivity contribution >= 4 is 16.0 Å². The summed E-state index contributed by atoms with van der Waals surface area (Å²) in [6.07, 6.45) is 0.748. The van der Waals surface area contributed by atoms with Crippen LogP contribution in [0, 0.1) is 5.41 Å². The van der Waals surface area contributed by atoms with Crippen LogP contribution in [0.25, 0.3) is 0 Å². The molecule has 4 N–H and O–H groups in total. The first-order valence-corrected chi connectivity index (χ1v) is 4.70. The van der Waals surface area contributed by atoms with E-state index in [0.717, 1.165) is 0 Å². The number of amidine groups is 1. The number of nitrogens with two attached hydrogens (primary N) is 1. The van der Waals surface area contributed by atoms with E-state index >= 15 is 0 Å². The molecule has 0 aliphatic carbocycles. The van der Waals surface area contributed by atoms with Crippen LogP contribution in [0.5, 0.6) is 0 Å². The standard InChI is InChI=1S/C5H12N2O3S/c1-2-3-4(5(6)7)11(8,9)10/h4H,2-3H2,1H3,(H3,6,7)(H,8,9,10). The van der Waals surface area contributed by atoms with Gasteiger partial charge in [-0.05, 0) is 6.42 Å². The predicted molar refractivity (Wildman–Crippen MR) is 42.2 cm³/mol. The molecule has 0 aromatic carbocycles. The smallest absolute Gasteiger partial charge is 0.275 e. The molecule has 1 atom stereocenters. The highest BCUT2D eigenvalue weighted by molar-refractivity contribution is 7.87. The molecule has 0 radical (unpaired) electrons. The van der Waals surface area contributed by atoms with Gasteiger partial charge in [0.2, 0.25) is 0 Å². The fraction of sp³-hybridized carbons (Fsp3) is 0.800. The van der Waals surface area contributed by atoms with Crippen LogP contribution >= 0.6 is 0 Å². The number of rotatable bonds is 4. The van der Waals surface area contributed by atoms with Crippen LogP contribution in [0.4, 0.5) is 0 Å². The molecule has 0 saturated heterocycles. The van der Waals surface area contributed by atoms with Crippen molar-refractivity contribution in [3.63, 3.8) is 0 Å². The van der Waals surface area contributed by atoms with E-state index in [-0.39, 0.29) is 6.42 Å². The summed E-state index contributed by atoms with van der Waals surface area (Å²) in [5.74, 6) is -0.505. The van der Waals surface area contributed by atoms with Gasteiger partial charge in [0.25, 0.3) is 10.1 Å². The van der Waals surface area contributed by atoms with Crippen molar-refractivity contribution < 1.29 is 13.0 Å². The Morgan fingerprint density at radius 2 is 2.18 bits per heavy atom. The lowest BCUT2D eigenvalue weighted by molar-refractivity contribution is 0.473. The molecule has 0 saturated carbocycles. The fourth-order valence-corrected chi connectivity index (χ4v) is 1.58. The maximum Gasteiger partial charge on any atom is 0.275 e. The van der Waals surface area contributed by atoms with Crippen molar-refractivity contribution in [1.82, 2.24) is 0 Å². The van der Waals surface area contributed by atoms with Crippen LogP contribution < -0.4 is 5.73 Å². The maximum atomic E-state index is 10.5. The molecule has 0 spiro atoms. The summed E-state index contributed by atoms with van der Waals surface area (Å²) in [5.41, 5.74) is 4.95. The summed E-state index contributed by atoms with van der Waals surface area (Å²) in [6, 6.07) is 0. The average molecular weight is 180 g/mol. The van der Waals surface area contributed by atoms with Gasteiger partial charge >= 0.3 is 0 Å². The highest BCUT2D eigenvalue weighted by Crippen LogP contribution is 2.05. The van der Waals surface area contributed by atoms with Gasteiger partial charge in [-0.25, -0.2) is 0 Å². The fourth-order valence-electron chi connectivity index (χ4n) is 0.727. The van der Waals surface area contributed by atoms with Crippen LogP contribution in [0.3, 0.4) is 0 Å². The first-order chi connectivity index (χ1) is 4.89. The van der Waals surface area contributed by atoms with Crippen LogP contribution in [0.1, 0.15) is 19.8 Å². The van der Waals surface area contributed by atoms with Crippen molar-refractivity contribution in [3.8, 4) is 0 Å². The van der Waals surface area contributed by atoms with E-state index in [0.29, 0.717) is 6.42 Å². The van der Waals surface area contributed by atoms with Gasteiger partial charge in [0.15, 0.2) is 0 Å². The molecule has 0 aliphatic rings. The zero-order chi connectivity index (χ0) is 9.07. The largest absolute Gasteiger partial charge is 0.386 e. The summed E-state index contributed by atoms with van der Waals surface area (Å²) >= 11 is 0. The molecule has 0 heterocycles. The molecule has 0 rings (SSSR count). The van der Waals surface area contributed by atoms with Gasteiger partial charge in [0, 0.05) is 0 Å². The van der Waals surface area contributed by atoms with E-state index in [4.69, 9.17) is 15.7 Å². The Kier molecular flexibility index (Phi) is 3.47. The van der Waals surface area contributed by atoms with Gasteiger partial charge in [-0.2, -0.15) is 8.42 Å². The van der Waals surface area contributed by atoms with Crippen molar-refractivity contribution in [2.45, 2.75) is 25.0 Å². The molecule has 0 aromatic rings. The molecule has 11 heavy (non-hydrogen) atoms. The minimum absolute atomic E-state index is 0.189. The van der Waals surface area contributed by atoms with Gasteiger partial charge in [-0.1, -0.05) is 13.3 Å². The molecular weight excluding hydrogens is 168 g/mol. The molecule has 0 bridgehead atoms. The van der Waals surface area contributed by atoms with Crippen molar-refractivity contribution in [1.29, 1.82) is 5.41 Å². The van der Waals surface area contributed by atoms with Gasteiger partial charge in [0.05, 0.1) is 0 Å². The molecule has 66 valence electrons. The minimum atomic E-state index is -4.18. The lowest BCUT2D eigenvalue weighted by Gasteiger charge is -2.09. The predicted octanol–water partition coefficient (Wildman–Crippen LogP) is -0.0211. The van der Waals surface area contributed by atoms with Crippen molar-refractivity contribution in [3.05, 3.63) is 0 Å². The zero-order valence-electron chi connectivity index (χ0n) is 6.24. The van der Waals surface area contributed by atoms with E-state index in [1.54, 1.807) is 6.92 Å². The topological polar surface area (TPSA) is 104 Å². The second kappa shape index (κ2) is 3.68. The molecule has 0 aliphatic heterocycles. The van der Waals surface area contributed by atoms with Crippen molar-refractivity contribution in [2.75, 3.05) is 0 Å². The number of hydrogen-bond acceptors (Lipinski definition) is 3. The highest BCUT2D eigenvalue weighted by atomic mass is 32.2. The third-order valence-electron chi connectivity index (χ3n) is 1.26. The van der Waals surface area contributed by atoms with Crippen LogP contribution in [-0.2, 0) is 10.1 Å². The second-order valence-electron chi connectivity index (χ2n) is 2.25. The molecule has 5 nitrogen and oxygen atoms in total. The van der Waals surface area contributed by atoms with Crippen LogP contribution in [0.2, 0.25) is 0 Å². The zero-order valence-corrected chi connectivity index (χ0v) is 7.06. The second-order valence-corrected chi connectivity index (χ2v) is 3.85. The van der Waals surface area contributed by atoms with Gasteiger partial charge < -0.3 is 5.73 Å². The molecular formula is C5H12N2O3S. The third-order valence-corrected chi connectivity index (χ3v) is 2.47. The summed E-state index contributed by atoms with van der Waals surface area (Å²) in [5, 5.41) is 5.62. The van der Waals surface area contributed by atoms with E-state index in [1.165, 1.54) is 0 Å². The SMILES string of the molecule is CCCC(C(=N)N)S(=O)(=O)O. The minimum Gasteiger partial charge on any atom is -0.386 e. The average Bonchev–Trinajstić information content (AvgIpc) is 1.79. The molecule has 6 heteroatoms. The van der Waals surface area contributed by atoms with E-state index < -0.39 is 21.2 Å². The van der Waals surface area contributed by atoms with E-state index in [9.17, 15) is 8.42 Å². The third kappa shape index (κ3) is 3.33. The van der Waals surface area contributed by atoms with Gasteiger partial charge in [-0.3, -0.25) is 9.96 Å². The lowest BCUT2D eigenvalue weighted by Crippen LogP contribution is -2.34. The maximum absolute atomic E-state index is 10.5. The number of nitrogens with one attached hydrogen (secondary N) is 1. The normalized spacial score (nSPS) is 14.4. The summed E-state index contributed by atoms with van der Waals surface area (Å²) in [4.78, 5) is 0. The summed E-state index contributed by atoms with van der Waals surface area (Å²) in [7, 11) is -4.18. The van der Waals surface area contributed by atoms with Crippen LogP contribution in [-0.4, -0.2) is 24.1 Å². The Hall–Kier alpha value is -0.620. The Balaban J connectivity index is 4.49. The summed E-state index contributed by atoms with van der Waals surface area (Å²) < 4.78 is 29.5. The van der Waals surface area contributed by atoms with E-state index in [1.807, 2.05) is 0 Å². The van der Waals surface area contributed by atoms with Crippen molar-refractivity contribution in [2.24, 2.45) is 5.73 Å². The van der Waals surface area contributed by atoms with Gasteiger partial charge in [0.1, 0.15) is 11.1 Å². The molecule has 0 amide bonds. The van der Waals surface area contributed by atoms with E-state index in [2.05, 4.69) is 0 Å². The number of hydrogen-bond donors (Lipinski definition) is 3. The highest BCUT2D eigenvalue weighted by Gasteiger charge is 2.24. The lowest BCUT2D eigenvalue weighted by atomic mass is 10.2. The first kappa shape index (κ1) is 10.4.